The lowest BCUT2D eigenvalue weighted by molar-refractivity contribution is -0.120. The molecule has 22 heavy (non-hydrogen) atoms. The highest BCUT2D eigenvalue weighted by molar-refractivity contribution is 6.09. The Labute approximate surface area is 126 Å². The molecule has 1 heterocycles. The first-order valence-electron chi connectivity index (χ1n) is 6.65. The van der Waals surface area contributed by atoms with Gasteiger partial charge in [-0.3, -0.25) is 9.59 Å². The van der Waals surface area contributed by atoms with E-state index in [2.05, 4.69) is 5.32 Å². The van der Waals surface area contributed by atoms with E-state index in [0.29, 0.717) is 17.1 Å². The number of likely N-dealkylation sites (N-methyl/N-ethyl adjacent to an activating group) is 1. The van der Waals surface area contributed by atoms with Crippen molar-refractivity contribution in [2.24, 2.45) is 0 Å². The van der Waals surface area contributed by atoms with Crippen LogP contribution in [0.2, 0.25) is 0 Å². The van der Waals surface area contributed by atoms with Gasteiger partial charge in [-0.1, -0.05) is 12.1 Å². The summed E-state index contributed by atoms with van der Waals surface area (Å²) in [5, 5.41) is 2.69. The Balaban J connectivity index is 1.93. The van der Waals surface area contributed by atoms with E-state index in [1.165, 1.54) is 23.1 Å². The standard InChI is InChI=1S/C16H13FN2O3/c1-19-14(20)9-22-13-7-3-6-12(15(13)19)18-16(21)10-4-2-5-11(17)8-10/h2-8H,9H2,1H3,(H,18,21). The molecule has 112 valence electrons. The highest BCUT2D eigenvalue weighted by Crippen LogP contribution is 2.38. The minimum Gasteiger partial charge on any atom is -0.481 e. The lowest BCUT2D eigenvalue weighted by Crippen LogP contribution is -2.36. The number of carbonyl (C=O) groups is 2. The quantitative estimate of drug-likeness (QED) is 0.926. The molecule has 0 spiro atoms. The molecule has 0 fully saturated rings. The number of halogens is 1. The molecule has 0 aliphatic carbocycles. The first-order chi connectivity index (χ1) is 10.6. The van der Waals surface area contributed by atoms with Gasteiger partial charge in [0.25, 0.3) is 11.8 Å². The summed E-state index contributed by atoms with van der Waals surface area (Å²) in [5.74, 6) is -0.642. The van der Waals surface area contributed by atoms with Crippen molar-refractivity contribution in [2.45, 2.75) is 0 Å². The largest absolute Gasteiger partial charge is 0.481 e. The molecule has 6 heteroatoms. The number of hydrogen-bond donors (Lipinski definition) is 1. The number of para-hydroxylation sites is 1. The number of fused-ring (bicyclic) bond motifs is 1. The number of ether oxygens (including phenoxy) is 1. The Bertz CT molecular complexity index is 761. The second kappa shape index (κ2) is 5.48. The van der Waals surface area contributed by atoms with E-state index >= 15 is 0 Å². The van der Waals surface area contributed by atoms with E-state index < -0.39 is 11.7 Å². The first kappa shape index (κ1) is 14.1. The normalized spacial score (nSPS) is 13.4. The van der Waals surface area contributed by atoms with Crippen molar-refractivity contribution in [3.8, 4) is 5.75 Å². The molecular formula is C16H13FN2O3. The summed E-state index contributed by atoms with van der Waals surface area (Å²) in [6, 6.07) is 10.5. The molecule has 0 saturated carbocycles. The third-order valence-corrected chi connectivity index (χ3v) is 3.39. The monoisotopic (exact) mass is 300 g/mol. The van der Waals surface area contributed by atoms with Crippen LogP contribution in [0, 0.1) is 5.82 Å². The predicted octanol–water partition coefficient (Wildman–Crippen LogP) is 2.43. The van der Waals surface area contributed by atoms with Gasteiger partial charge in [-0.05, 0) is 30.3 Å². The molecule has 2 aromatic carbocycles. The fraction of sp³-hybridized carbons (Fsp3) is 0.125. The number of rotatable bonds is 2. The van der Waals surface area contributed by atoms with Crippen LogP contribution in [0.3, 0.4) is 0 Å². The first-order valence-corrected chi connectivity index (χ1v) is 6.65. The number of anilines is 2. The Morgan fingerprint density at radius 1 is 1.27 bits per heavy atom. The molecule has 2 aromatic rings. The number of amides is 2. The lowest BCUT2D eigenvalue weighted by Gasteiger charge is -2.28. The highest BCUT2D eigenvalue weighted by Gasteiger charge is 2.25. The van der Waals surface area contributed by atoms with Crippen molar-refractivity contribution in [1.82, 2.24) is 0 Å². The van der Waals surface area contributed by atoms with Gasteiger partial charge in [0.2, 0.25) is 0 Å². The zero-order valence-corrected chi connectivity index (χ0v) is 11.8. The Morgan fingerprint density at radius 2 is 2.05 bits per heavy atom. The van der Waals surface area contributed by atoms with E-state index in [4.69, 9.17) is 4.74 Å². The minimum atomic E-state index is -0.488. The van der Waals surface area contributed by atoms with Gasteiger partial charge in [0.15, 0.2) is 6.61 Å². The van der Waals surface area contributed by atoms with Crippen LogP contribution in [0.4, 0.5) is 15.8 Å². The van der Waals surface area contributed by atoms with Gasteiger partial charge in [-0.2, -0.15) is 0 Å². The molecule has 1 N–H and O–H groups in total. The topological polar surface area (TPSA) is 58.6 Å². The molecule has 1 aliphatic heterocycles. The molecule has 5 nitrogen and oxygen atoms in total. The molecule has 3 rings (SSSR count). The number of carbonyl (C=O) groups excluding carboxylic acids is 2. The fourth-order valence-electron chi connectivity index (χ4n) is 2.27. The van der Waals surface area contributed by atoms with Gasteiger partial charge in [0.1, 0.15) is 17.3 Å². The molecule has 0 bridgehead atoms. The third kappa shape index (κ3) is 2.50. The summed E-state index contributed by atoms with van der Waals surface area (Å²) in [4.78, 5) is 25.4. The van der Waals surface area contributed by atoms with E-state index in [-0.39, 0.29) is 18.1 Å². The lowest BCUT2D eigenvalue weighted by atomic mass is 10.1. The fourth-order valence-corrected chi connectivity index (χ4v) is 2.27. The minimum absolute atomic E-state index is 0.0369. The predicted molar refractivity (Wildman–Crippen MR) is 79.7 cm³/mol. The van der Waals surface area contributed by atoms with Gasteiger partial charge in [0.05, 0.1) is 5.69 Å². The van der Waals surface area contributed by atoms with Gasteiger partial charge < -0.3 is 15.0 Å². The number of nitrogens with zero attached hydrogens (tertiary/aromatic N) is 1. The van der Waals surface area contributed by atoms with Crippen molar-refractivity contribution < 1.29 is 18.7 Å². The Hall–Kier alpha value is -2.89. The Morgan fingerprint density at radius 3 is 2.82 bits per heavy atom. The summed E-state index contributed by atoms with van der Waals surface area (Å²) in [5.41, 5.74) is 1.12. The number of benzene rings is 2. The summed E-state index contributed by atoms with van der Waals surface area (Å²) < 4.78 is 18.6. The molecule has 0 saturated heterocycles. The van der Waals surface area contributed by atoms with Crippen molar-refractivity contribution in [1.29, 1.82) is 0 Å². The average Bonchev–Trinajstić information content (AvgIpc) is 2.51. The van der Waals surface area contributed by atoms with Crippen molar-refractivity contribution in [2.75, 3.05) is 23.9 Å². The molecule has 0 unspecified atom stereocenters. The highest BCUT2D eigenvalue weighted by atomic mass is 19.1. The second-order valence-corrected chi connectivity index (χ2v) is 4.86. The molecule has 2 amide bonds. The van der Waals surface area contributed by atoms with Crippen LogP contribution in [0.5, 0.6) is 5.75 Å². The van der Waals surface area contributed by atoms with Crippen LogP contribution < -0.4 is 15.0 Å². The van der Waals surface area contributed by atoms with Gasteiger partial charge >= 0.3 is 0 Å². The zero-order chi connectivity index (χ0) is 15.7. The molecule has 1 aliphatic rings. The van der Waals surface area contributed by atoms with Crippen LogP contribution in [0.25, 0.3) is 0 Å². The number of hydrogen-bond acceptors (Lipinski definition) is 3. The van der Waals surface area contributed by atoms with Gasteiger partial charge in [-0.25, -0.2) is 4.39 Å². The smallest absolute Gasteiger partial charge is 0.264 e. The van der Waals surface area contributed by atoms with Crippen LogP contribution in [0.1, 0.15) is 10.4 Å². The Kier molecular flexibility index (Phi) is 3.50. The van der Waals surface area contributed by atoms with Crippen LogP contribution in [-0.2, 0) is 4.79 Å². The van der Waals surface area contributed by atoms with Crippen LogP contribution >= 0.6 is 0 Å². The maximum atomic E-state index is 13.2. The summed E-state index contributed by atoms with van der Waals surface area (Å²) in [6.45, 7) is -0.0369. The van der Waals surface area contributed by atoms with Gasteiger partial charge in [-0.15, -0.1) is 0 Å². The van der Waals surface area contributed by atoms with E-state index in [1.807, 2.05) is 0 Å². The maximum Gasteiger partial charge on any atom is 0.264 e. The molecule has 0 aromatic heterocycles. The zero-order valence-electron chi connectivity index (χ0n) is 11.8. The average molecular weight is 300 g/mol. The van der Waals surface area contributed by atoms with Crippen molar-refractivity contribution in [3.05, 3.63) is 53.8 Å². The third-order valence-electron chi connectivity index (χ3n) is 3.39. The molecule has 0 atom stereocenters. The summed E-state index contributed by atoms with van der Waals surface area (Å²) in [7, 11) is 1.61. The second-order valence-electron chi connectivity index (χ2n) is 4.86. The van der Waals surface area contributed by atoms with Crippen LogP contribution in [0.15, 0.2) is 42.5 Å². The van der Waals surface area contributed by atoms with Gasteiger partial charge in [0, 0.05) is 12.6 Å². The number of nitrogens with one attached hydrogen (secondary N) is 1. The van der Waals surface area contributed by atoms with E-state index in [1.54, 1.807) is 25.2 Å². The van der Waals surface area contributed by atoms with Crippen LogP contribution in [-0.4, -0.2) is 25.5 Å². The van der Waals surface area contributed by atoms with Crippen molar-refractivity contribution in [3.63, 3.8) is 0 Å². The van der Waals surface area contributed by atoms with Crippen molar-refractivity contribution >= 4 is 23.2 Å². The van der Waals surface area contributed by atoms with E-state index in [0.717, 1.165) is 6.07 Å². The molecular weight excluding hydrogens is 287 g/mol. The molecule has 0 radical (unpaired) electrons. The SMILES string of the molecule is CN1C(=O)COc2cccc(NC(=O)c3cccc(F)c3)c21. The summed E-state index contributed by atoms with van der Waals surface area (Å²) >= 11 is 0. The van der Waals surface area contributed by atoms with E-state index in [9.17, 15) is 14.0 Å². The maximum absolute atomic E-state index is 13.2. The summed E-state index contributed by atoms with van der Waals surface area (Å²) in [6.07, 6.45) is 0.